The predicted octanol–water partition coefficient (Wildman–Crippen LogP) is 3.17. The molecule has 0 aliphatic rings. The van der Waals surface area contributed by atoms with Gasteiger partial charge in [-0.3, -0.25) is 0 Å². The first kappa shape index (κ1) is 15.7. The van der Waals surface area contributed by atoms with Crippen molar-refractivity contribution in [3.05, 3.63) is 11.6 Å². The molecular weight excluding hydrogens is 283 g/mol. The van der Waals surface area contributed by atoms with Crippen LogP contribution >= 0.6 is 23.5 Å². The summed E-state index contributed by atoms with van der Waals surface area (Å²) >= 11 is 3.08. The lowest BCUT2D eigenvalue weighted by Gasteiger charge is -2.11. The van der Waals surface area contributed by atoms with Crippen molar-refractivity contribution in [1.82, 2.24) is 14.8 Å². The average molecular weight is 299 g/mol. The number of hydrogen-bond donors (Lipinski definition) is 0. The van der Waals surface area contributed by atoms with Gasteiger partial charge in [0.2, 0.25) is 0 Å². The standard InChI is InChI=1S/C10H16F3N3S2/c1-7(18-3)9-14-8(4-5-17-2)15-16(9)6-10(11,12)13/h7H,4-6H2,1-3H3. The smallest absolute Gasteiger partial charge is 0.239 e. The van der Waals surface area contributed by atoms with Crippen LogP contribution in [-0.4, -0.2) is 39.2 Å². The van der Waals surface area contributed by atoms with Gasteiger partial charge in [0, 0.05) is 12.2 Å². The number of hydrogen-bond acceptors (Lipinski definition) is 4. The fourth-order valence-electron chi connectivity index (χ4n) is 1.39. The lowest BCUT2D eigenvalue weighted by molar-refractivity contribution is -0.143. The molecule has 0 N–H and O–H groups in total. The van der Waals surface area contributed by atoms with Gasteiger partial charge in [0.1, 0.15) is 12.4 Å². The molecule has 0 amide bonds. The van der Waals surface area contributed by atoms with Crippen LogP contribution in [0.2, 0.25) is 0 Å². The minimum atomic E-state index is -4.27. The highest BCUT2D eigenvalue weighted by molar-refractivity contribution is 7.98. The molecule has 104 valence electrons. The van der Waals surface area contributed by atoms with Gasteiger partial charge in [-0.05, 0) is 19.4 Å². The average Bonchev–Trinajstić information content (AvgIpc) is 2.66. The Labute approximate surface area is 113 Å². The van der Waals surface area contributed by atoms with Crippen LogP contribution in [0.5, 0.6) is 0 Å². The Balaban J connectivity index is 2.93. The summed E-state index contributed by atoms with van der Waals surface area (Å²) in [5, 5.41) is 3.87. The van der Waals surface area contributed by atoms with Crippen molar-refractivity contribution in [3.8, 4) is 0 Å². The van der Waals surface area contributed by atoms with Gasteiger partial charge in [0.05, 0.1) is 5.25 Å². The van der Waals surface area contributed by atoms with E-state index in [1.54, 1.807) is 11.8 Å². The summed E-state index contributed by atoms with van der Waals surface area (Å²) in [6, 6.07) is 0. The zero-order valence-corrected chi connectivity index (χ0v) is 12.1. The minimum absolute atomic E-state index is 0.0946. The molecule has 0 aromatic carbocycles. The van der Waals surface area contributed by atoms with Crippen molar-refractivity contribution >= 4 is 23.5 Å². The number of alkyl halides is 3. The van der Waals surface area contributed by atoms with Gasteiger partial charge in [-0.1, -0.05) is 0 Å². The normalized spacial score (nSPS) is 13.9. The quantitative estimate of drug-likeness (QED) is 0.807. The molecule has 1 atom stereocenters. The van der Waals surface area contributed by atoms with Gasteiger partial charge in [0.25, 0.3) is 0 Å². The second-order valence-electron chi connectivity index (χ2n) is 3.78. The zero-order chi connectivity index (χ0) is 13.8. The van der Waals surface area contributed by atoms with Crippen molar-refractivity contribution in [2.24, 2.45) is 0 Å². The van der Waals surface area contributed by atoms with Gasteiger partial charge in [0.15, 0.2) is 5.82 Å². The summed E-state index contributed by atoms with van der Waals surface area (Å²) in [4.78, 5) is 4.22. The Morgan fingerprint density at radius 2 is 2.00 bits per heavy atom. The van der Waals surface area contributed by atoms with Gasteiger partial charge >= 0.3 is 6.18 Å². The molecule has 8 heteroatoms. The van der Waals surface area contributed by atoms with Crippen molar-refractivity contribution in [3.63, 3.8) is 0 Å². The van der Waals surface area contributed by atoms with E-state index in [1.807, 2.05) is 19.4 Å². The summed E-state index contributed by atoms with van der Waals surface area (Å²) in [5.74, 6) is 1.70. The van der Waals surface area contributed by atoms with Crippen molar-refractivity contribution in [1.29, 1.82) is 0 Å². The first-order valence-corrected chi connectivity index (χ1v) is 8.07. The van der Waals surface area contributed by atoms with Crippen LogP contribution in [0.15, 0.2) is 0 Å². The third kappa shape index (κ3) is 4.72. The SMILES string of the molecule is CSCCc1nc(C(C)SC)n(CC(F)(F)F)n1. The van der Waals surface area contributed by atoms with E-state index in [9.17, 15) is 13.2 Å². The van der Waals surface area contributed by atoms with Crippen molar-refractivity contribution in [2.45, 2.75) is 31.3 Å². The Morgan fingerprint density at radius 1 is 1.33 bits per heavy atom. The van der Waals surface area contributed by atoms with E-state index in [1.165, 1.54) is 11.8 Å². The largest absolute Gasteiger partial charge is 0.408 e. The Hall–Kier alpha value is -0.370. The summed E-state index contributed by atoms with van der Waals surface area (Å²) in [5.41, 5.74) is 0. The Bertz CT molecular complexity index is 379. The third-order valence-corrected chi connectivity index (χ3v) is 3.85. The van der Waals surface area contributed by atoms with Gasteiger partial charge in [-0.15, -0.1) is 0 Å². The third-order valence-electron chi connectivity index (χ3n) is 2.32. The molecule has 3 nitrogen and oxygen atoms in total. The maximum absolute atomic E-state index is 12.5. The van der Waals surface area contributed by atoms with Gasteiger partial charge in [-0.25, -0.2) is 9.67 Å². The summed E-state index contributed by atoms with van der Waals surface area (Å²) in [7, 11) is 0. The number of rotatable bonds is 6. The zero-order valence-electron chi connectivity index (χ0n) is 10.5. The molecule has 0 saturated carbocycles. The van der Waals surface area contributed by atoms with Crippen LogP contribution < -0.4 is 0 Å². The fourth-order valence-corrected chi connectivity index (χ4v) is 2.17. The van der Waals surface area contributed by atoms with E-state index >= 15 is 0 Å². The number of thioether (sulfide) groups is 2. The van der Waals surface area contributed by atoms with E-state index in [0.717, 1.165) is 10.4 Å². The van der Waals surface area contributed by atoms with E-state index in [0.29, 0.717) is 18.1 Å². The van der Waals surface area contributed by atoms with Crippen molar-refractivity contribution in [2.75, 3.05) is 18.3 Å². The minimum Gasteiger partial charge on any atom is -0.239 e. The Kier molecular flexibility index (Phi) is 5.84. The number of aromatic nitrogens is 3. The van der Waals surface area contributed by atoms with E-state index < -0.39 is 12.7 Å². The molecule has 1 aromatic rings. The van der Waals surface area contributed by atoms with E-state index in [2.05, 4.69) is 10.1 Å². The molecule has 18 heavy (non-hydrogen) atoms. The maximum Gasteiger partial charge on any atom is 0.408 e. The highest BCUT2D eigenvalue weighted by Crippen LogP contribution is 2.26. The molecule has 0 fully saturated rings. The van der Waals surface area contributed by atoms with Crippen LogP contribution in [0, 0.1) is 0 Å². The first-order valence-electron chi connectivity index (χ1n) is 5.39. The first-order chi connectivity index (χ1) is 8.37. The van der Waals surface area contributed by atoms with Gasteiger partial charge < -0.3 is 0 Å². The second-order valence-corrected chi connectivity index (χ2v) is 5.94. The lowest BCUT2D eigenvalue weighted by Crippen LogP contribution is -2.21. The summed E-state index contributed by atoms with van der Waals surface area (Å²) in [6.45, 7) is 0.763. The maximum atomic E-state index is 12.5. The summed E-state index contributed by atoms with van der Waals surface area (Å²) < 4.78 is 38.3. The second kappa shape index (κ2) is 6.70. The van der Waals surface area contributed by atoms with Gasteiger partial charge in [-0.2, -0.15) is 41.8 Å². The van der Waals surface area contributed by atoms with Crippen LogP contribution in [0.3, 0.4) is 0 Å². The highest BCUT2D eigenvalue weighted by Gasteiger charge is 2.31. The number of aryl methyl sites for hydroxylation is 1. The molecule has 1 unspecified atom stereocenters. The molecule has 1 rings (SSSR count). The fraction of sp³-hybridized carbons (Fsp3) is 0.800. The molecule has 1 heterocycles. The molecule has 0 radical (unpaired) electrons. The van der Waals surface area contributed by atoms with Crippen LogP contribution in [0.1, 0.15) is 23.8 Å². The van der Waals surface area contributed by atoms with E-state index in [4.69, 9.17) is 0 Å². The topological polar surface area (TPSA) is 30.7 Å². The van der Waals surface area contributed by atoms with Crippen LogP contribution in [-0.2, 0) is 13.0 Å². The molecule has 0 bridgehead atoms. The summed E-state index contributed by atoms with van der Waals surface area (Å²) in [6.07, 6.45) is 0.120. The number of nitrogens with zero attached hydrogens (tertiary/aromatic N) is 3. The molecule has 1 aromatic heterocycles. The molecule has 0 spiro atoms. The van der Waals surface area contributed by atoms with E-state index in [-0.39, 0.29) is 5.25 Å². The predicted molar refractivity (Wildman–Crippen MR) is 70.1 cm³/mol. The lowest BCUT2D eigenvalue weighted by atomic mass is 10.4. The molecule has 0 aliphatic heterocycles. The van der Waals surface area contributed by atoms with Crippen LogP contribution in [0.25, 0.3) is 0 Å². The highest BCUT2D eigenvalue weighted by atomic mass is 32.2. The van der Waals surface area contributed by atoms with Crippen LogP contribution in [0.4, 0.5) is 13.2 Å². The molecular formula is C10H16F3N3S2. The monoisotopic (exact) mass is 299 g/mol. The molecule has 0 saturated heterocycles. The molecule has 0 aliphatic carbocycles. The number of halogens is 3. The van der Waals surface area contributed by atoms with Crippen molar-refractivity contribution < 1.29 is 13.2 Å². The Morgan fingerprint density at radius 3 is 2.50 bits per heavy atom.